The van der Waals surface area contributed by atoms with Crippen molar-refractivity contribution in [2.45, 2.75) is 25.9 Å². The minimum atomic E-state index is -0.537. The number of phenols is 1. The molecule has 3 nitrogen and oxygen atoms in total. The number of aliphatic hydroxyl groups is 2. The first-order valence-corrected chi connectivity index (χ1v) is 6.04. The van der Waals surface area contributed by atoms with E-state index in [1.54, 1.807) is 18.2 Å². The fourth-order valence-corrected chi connectivity index (χ4v) is 1.64. The number of aromatic hydroxyl groups is 1. The van der Waals surface area contributed by atoms with E-state index in [0.29, 0.717) is 6.42 Å². The van der Waals surface area contributed by atoms with Crippen molar-refractivity contribution in [3.05, 3.63) is 47.6 Å². The highest BCUT2D eigenvalue weighted by molar-refractivity contribution is 5.58. The Bertz CT molecular complexity index is 422. The number of hydrogen-bond acceptors (Lipinski definition) is 3. The average Bonchev–Trinajstić information content (AvgIpc) is 2.36. The first-order chi connectivity index (χ1) is 8.63. The number of allylic oxidation sites excluding steroid dienone is 1. The molecule has 0 radical (unpaired) electrons. The third-order valence-electron chi connectivity index (χ3n) is 2.64. The minimum absolute atomic E-state index is 0.0518. The molecule has 0 spiro atoms. The molecule has 0 aliphatic heterocycles. The highest BCUT2D eigenvalue weighted by Crippen LogP contribution is 2.20. The summed E-state index contributed by atoms with van der Waals surface area (Å²) in [7, 11) is 0. The van der Waals surface area contributed by atoms with Gasteiger partial charge in [0.15, 0.2) is 0 Å². The van der Waals surface area contributed by atoms with E-state index in [4.69, 9.17) is 5.11 Å². The molecule has 0 amide bonds. The molecule has 18 heavy (non-hydrogen) atoms. The summed E-state index contributed by atoms with van der Waals surface area (Å²) in [5.41, 5.74) is 1.88. The largest absolute Gasteiger partial charge is 0.507 e. The molecule has 0 aliphatic rings. The van der Waals surface area contributed by atoms with Crippen LogP contribution in [0.15, 0.2) is 42.0 Å². The van der Waals surface area contributed by atoms with Crippen LogP contribution in [0, 0.1) is 0 Å². The Morgan fingerprint density at radius 1 is 1.33 bits per heavy atom. The van der Waals surface area contributed by atoms with Crippen LogP contribution in [0.25, 0.3) is 6.08 Å². The number of rotatable bonds is 6. The van der Waals surface area contributed by atoms with Crippen LogP contribution in [0.1, 0.15) is 25.3 Å². The van der Waals surface area contributed by atoms with Crippen LogP contribution in [0.5, 0.6) is 5.75 Å². The van der Waals surface area contributed by atoms with Gasteiger partial charge in [0.1, 0.15) is 5.75 Å². The number of phenolic OH excluding ortho intramolecular Hbond substituents is 1. The van der Waals surface area contributed by atoms with Crippen LogP contribution in [0.3, 0.4) is 0 Å². The zero-order chi connectivity index (χ0) is 13.4. The zero-order valence-electron chi connectivity index (χ0n) is 10.6. The SMILES string of the molecule is C/C(=C\c1ccccc1O)CC[C@@H](O)/C=C\CO. The Kier molecular flexibility index (Phi) is 6.19. The molecule has 1 rings (SSSR count). The fraction of sp³-hybridized carbons (Fsp3) is 0.333. The van der Waals surface area contributed by atoms with Crippen molar-refractivity contribution < 1.29 is 15.3 Å². The summed E-state index contributed by atoms with van der Waals surface area (Å²) in [6.07, 6.45) is 5.85. The van der Waals surface area contributed by atoms with E-state index in [2.05, 4.69) is 0 Å². The minimum Gasteiger partial charge on any atom is -0.507 e. The topological polar surface area (TPSA) is 60.7 Å². The second-order valence-electron chi connectivity index (χ2n) is 4.27. The maximum absolute atomic E-state index is 9.62. The molecule has 1 aromatic carbocycles. The van der Waals surface area contributed by atoms with Gasteiger partial charge in [0.2, 0.25) is 0 Å². The van der Waals surface area contributed by atoms with Crippen molar-refractivity contribution in [1.82, 2.24) is 0 Å². The van der Waals surface area contributed by atoms with Gasteiger partial charge in [0.05, 0.1) is 12.7 Å². The van der Waals surface area contributed by atoms with Crippen LogP contribution in [0.2, 0.25) is 0 Å². The van der Waals surface area contributed by atoms with Crippen molar-refractivity contribution >= 4 is 6.08 Å². The summed E-state index contributed by atoms with van der Waals surface area (Å²) in [6, 6.07) is 7.15. The molecule has 0 saturated heterocycles. The van der Waals surface area contributed by atoms with Crippen molar-refractivity contribution in [3.8, 4) is 5.75 Å². The Labute approximate surface area is 108 Å². The Morgan fingerprint density at radius 3 is 2.72 bits per heavy atom. The predicted octanol–water partition coefficient (Wildman–Crippen LogP) is 2.49. The molecule has 0 bridgehead atoms. The number of para-hydroxylation sites is 1. The summed E-state index contributed by atoms with van der Waals surface area (Å²) in [5, 5.41) is 27.8. The first kappa shape index (κ1) is 14.5. The molecular weight excluding hydrogens is 228 g/mol. The molecule has 0 aliphatic carbocycles. The molecular formula is C15H20O3. The lowest BCUT2D eigenvalue weighted by Gasteiger charge is -2.06. The smallest absolute Gasteiger partial charge is 0.122 e. The Morgan fingerprint density at radius 2 is 2.06 bits per heavy atom. The lowest BCUT2D eigenvalue weighted by atomic mass is 10.0. The predicted molar refractivity (Wildman–Crippen MR) is 73.2 cm³/mol. The average molecular weight is 248 g/mol. The fourth-order valence-electron chi connectivity index (χ4n) is 1.64. The van der Waals surface area contributed by atoms with Gasteiger partial charge in [-0.1, -0.05) is 42.0 Å². The van der Waals surface area contributed by atoms with E-state index in [1.807, 2.05) is 25.1 Å². The van der Waals surface area contributed by atoms with Gasteiger partial charge in [-0.25, -0.2) is 0 Å². The van der Waals surface area contributed by atoms with Crippen LogP contribution >= 0.6 is 0 Å². The van der Waals surface area contributed by atoms with Gasteiger partial charge in [-0.2, -0.15) is 0 Å². The molecule has 0 aromatic heterocycles. The third kappa shape index (κ3) is 5.17. The second kappa shape index (κ2) is 7.69. The van der Waals surface area contributed by atoms with Crippen LogP contribution < -0.4 is 0 Å². The van der Waals surface area contributed by atoms with E-state index in [9.17, 15) is 10.2 Å². The standard InChI is InChI=1S/C15H20O3/c1-12(8-9-14(17)6-4-10-16)11-13-5-2-3-7-15(13)18/h2-7,11,14,16-18H,8-10H2,1H3/b6-4-,12-11+/t14-/m0/s1. The number of aliphatic hydroxyl groups excluding tert-OH is 2. The molecule has 98 valence electrons. The first-order valence-electron chi connectivity index (χ1n) is 6.04. The van der Waals surface area contributed by atoms with Gasteiger partial charge in [0, 0.05) is 5.56 Å². The summed E-state index contributed by atoms with van der Waals surface area (Å²) >= 11 is 0. The Balaban J connectivity index is 2.53. The van der Waals surface area contributed by atoms with Gasteiger partial charge in [0.25, 0.3) is 0 Å². The van der Waals surface area contributed by atoms with Crippen LogP contribution in [-0.2, 0) is 0 Å². The van der Waals surface area contributed by atoms with E-state index in [0.717, 1.165) is 17.6 Å². The summed E-state index contributed by atoms with van der Waals surface area (Å²) < 4.78 is 0. The van der Waals surface area contributed by atoms with Crippen molar-refractivity contribution in [1.29, 1.82) is 0 Å². The number of hydrogen-bond donors (Lipinski definition) is 3. The molecule has 3 heteroatoms. The molecule has 1 aromatic rings. The lowest BCUT2D eigenvalue weighted by Crippen LogP contribution is -2.02. The van der Waals surface area contributed by atoms with Gasteiger partial charge in [-0.15, -0.1) is 0 Å². The lowest BCUT2D eigenvalue weighted by molar-refractivity contribution is 0.211. The van der Waals surface area contributed by atoms with Crippen molar-refractivity contribution in [2.75, 3.05) is 6.61 Å². The monoisotopic (exact) mass is 248 g/mol. The highest BCUT2D eigenvalue weighted by Gasteiger charge is 2.01. The molecule has 0 heterocycles. The second-order valence-corrected chi connectivity index (χ2v) is 4.27. The quantitative estimate of drug-likeness (QED) is 0.678. The molecule has 0 saturated carbocycles. The van der Waals surface area contributed by atoms with E-state index < -0.39 is 6.10 Å². The van der Waals surface area contributed by atoms with Crippen LogP contribution in [-0.4, -0.2) is 28.0 Å². The van der Waals surface area contributed by atoms with Crippen molar-refractivity contribution in [2.24, 2.45) is 0 Å². The summed E-state index contributed by atoms with van der Waals surface area (Å²) in [5.74, 6) is 0.262. The van der Waals surface area contributed by atoms with Gasteiger partial charge >= 0.3 is 0 Å². The summed E-state index contributed by atoms with van der Waals surface area (Å²) in [6.45, 7) is 1.92. The van der Waals surface area contributed by atoms with E-state index in [1.165, 1.54) is 6.08 Å². The van der Waals surface area contributed by atoms with E-state index >= 15 is 0 Å². The molecule has 0 fully saturated rings. The van der Waals surface area contributed by atoms with Crippen molar-refractivity contribution in [3.63, 3.8) is 0 Å². The number of benzene rings is 1. The van der Waals surface area contributed by atoms with Crippen LogP contribution in [0.4, 0.5) is 0 Å². The van der Waals surface area contributed by atoms with Gasteiger partial charge in [-0.05, 0) is 25.8 Å². The Hall–Kier alpha value is -1.58. The normalized spacial score (nSPS) is 14.1. The summed E-state index contributed by atoms with van der Waals surface area (Å²) in [4.78, 5) is 0. The molecule has 3 N–H and O–H groups in total. The maximum Gasteiger partial charge on any atom is 0.122 e. The zero-order valence-corrected chi connectivity index (χ0v) is 10.6. The van der Waals surface area contributed by atoms with Gasteiger partial charge in [-0.3, -0.25) is 0 Å². The highest BCUT2D eigenvalue weighted by atomic mass is 16.3. The molecule has 0 unspecified atom stereocenters. The molecule has 1 atom stereocenters. The van der Waals surface area contributed by atoms with E-state index in [-0.39, 0.29) is 12.4 Å². The third-order valence-corrected chi connectivity index (χ3v) is 2.64. The van der Waals surface area contributed by atoms with Gasteiger partial charge < -0.3 is 15.3 Å². The maximum atomic E-state index is 9.62.